The van der Waals surface area contributed by atoms with Gasteiger partial charge in [-0.25, -0.2) is 0 Å². The molecule has 0 spiro atoms. The number of unbranched alkanes of at least 4 members (excludes halogenated alkanes) is 47. The van der Waals surface area contributed by atoms with Crippen LogP contribution in [-0.4, -0.2) is 37.2 Å². The predicted octanol–water partition coefficient (Wildman–Crippen LogP) is 23.6. The number of allylic oxidation sites excluding steroid dienone is 6. The van der Waals surface area contributed by atoms with Gasteiger partial charge in [-0.15, -0.1) is 0 Å². The van der Waals surface area contributed by atoms with E-state index in [0.717, 1.165) is 77.0 Å². The monoisotopic (exact) mass is 1080 g/mol. The Kier molecular flexibility index (Phi) is 64.1. The van der Waals surface area contributed by atoms with Gasteiger partial charge in [-0.1, -0.05) is 320 Å². The van der Waals surface area contributed by atoms with Crippen molar-refractivity contribution in [3.8, 4) is 0 Å². The molecule has 6 heteroatoms. The zero-order chi connectivity index (χ0) is 55.7. The van der Waals surface area contributed by atoms with Gasteiger partial charge in [0.1, 0.15) is 13.2 Å². The van der Waals surface area contributed by atoms with E-state index in [-0.39, 0.29) is 31.1 Å². The summed E-state index contributed by atoms with van der Waals surface area (Å²) in [6, 6.07) is 0. The van der Waals surface area contributed by atoms with Crippen molar-refractivity contribution in [3.63, 3.8) is 0 Å². The molecule has 0 rings (SSSR count). The van der Waals surface area contributed by atoms with Crippen LogP contribution in [0.1, 0.15) is 380 Å². The number of rotatable bonds is 64. The number of hydrogen-bond donors (Lipinski definition) is 0. The number of ether oxygens (including phenoxy) is 3. The van der Waals surface area contributed by atoms with Crippen LogP contribution < -0.4 is 0 Å². The Labute approximate surface area is 480 Å². The normalized spacial score (nSPS) is 12.2. The predicted molar refractivity (Wildman–Crippen MR) is 335 cm³/mol. The molecule has 0 amide bonds. The molecular weight excluding hydrogens is 949 g/mol. The fourth-order valence-corrected chi connectivity index (χ4v) is 10.4. The van der Waals surface area contributed by atoms with Gasteiger partial charge in [0.25, 0.3) is 0 Å². The van der Waals surface area contributed by atoms with E-state index in [1.807, 2.05) is 0 Å². The molecule has 452 valence electrons. The fraction of sp³-hybridized carbons (Fsp3) is 0.873. The topological polar surface area (TPSA) is 78.9 Å². The Morgan fingerprint density at radius 3 is 0.740 bits per heavy atom. The molecule has 0 saturated heterocycles. The molecular formula is C71H132O6. The number of hydrogen-bond acceptors (Lipinski definition) is 6. The van der Waals surface area contributed by atoms with Crippen LogP contribution >= 0.6 is 0 Å². The molecule has 0 bridgehead atoms. The summed E-state index contributed by atoms with van der Waals surface area (Å²) in [5, 5.41) is 0. The minimum absolute atomic E-state index is 0.0729. The van der Waals surface area contributed by atoms with Gasteiger partial charge >= 0.3 is 17.9 Å². The van der Waals surface area contributed by atoms with Crippen molar-refractivity contribution in [2.75, 3.05) is 13.2 Å². The van der Waals surface area contributed by atoms with Crippen molar-refractivity contribution in [3.05, 3.63) is 36.5 Å². The third-order valence-electron chi connectivity index (χ3n) is 15.6. The lowest BCUT2D eigenvalue weighted by atomic mass is 10.0. The van der Waals surface area contributed by atoms with Gasteiger partial charge in [0.2, 0.25) is 0 Å². The van der Waals surface area contributed by atoms with Gasteiger partial charge in [-0.05, 0) is 77.0 Å². The second-order valence-corrected chi connectivity index (χ2v) is 23.4. The van der Waals surface area contributed by atoms with Gasteiger partial charge in [-0.3, -0.25) is 14.4 Å². The summed E-state index contributed by atoms with van der Waals surface area (Å²) < 4.78 is 17.0. The highest BCUT2D eigenvalue weighted by molar-refractivity contribution is 5.71. The Morgan fingerprint density at radius 2 is 0.468 bits per heavy atom. The lowest BCUT2D eigenvalue weighted by molar-refractivity contribution is -0.167. The summed E-state index contributed by atoms with van der Waals surface area (Å²) >= 11 is 0. The van der Waals surface area contributed by atoms with Crippen LogP contribution in [0.15, 0.2) is 36.5 Å². The summed E-state index contributed by atoms with van der Waals surface area (Å²) in [4.78, 5) is 38.4. The van der Waals surface area contributed by atoms with Crippen molar-refractivity contribution >= 4 is 17.9 Å². The van der Waals surface area contributed by atoms with E-state index >= 15 is 0 Å². The zero-order valence-electron chi connectivity index (χ0n) is 52.0. The number of carbonyl (C=O) groups excluding carboxylic acids is 3. The Hall–Kier alpha value is -2.37. The SMILES string of the molecule is CCCCCC/C=C\C/C=C\CCCCCCCC(=O)OCC(COC(=O)CCCCCCCCCCCCCCCCCCCCCCCC)OC(=O)CCCCCCCCCCC/C=C\CCCCCCCCCC. The highest BCUT2D eigenvalue weighted by Gasteiger charge is 2.19. The van der Waals surface area contributed by atoms with Crippen molar-refractivity contribution < 1.29 is 28.6 Å². The molecule has 0 radical (unpaired) electrons. The first-order valence-corrected chi connectivity index (χ1v) is 34.5. The third kappa shape index (κ3) is 64.3. The van der Waals surface area contributed by atoms with E-state index in [1.165, 1.54) is 263 Å². The quantitative estimate of drug-likeness (QED) is 0.0261. The molecule has 0 heterocycles. The van der Waals surface area contributed by atoms with Crippen molar-refractivity contribution in [1.29, 1.82) is 0 Å². The molecule has 77 heavy (non-hydrogen) atoms. The van der Waals surface area contributed by atoms with Gasteiger partial charge < -0.3 is 14.2 Å². The average Bonchev–Trinajstić information content (AvgIpc) is 3.43. The minimum Gasteiger partial charge on any atom is -0.462 e. The number of esters is 3. The van der Waals surface area contributed by atoms with E-state index < -0.39 is 6.10 Å². The third-order valence-corrected chi connectivity index (χ3v) is 15.6. The molecule has 0 aliphatic heterocycles. The van der Waals surface area contributed by atoms with Gasteiger partial charge in [0.15, 0.2) is 6.10 Å². The van der Waals surface area contributed by atoms with E-state index in [9.17, 15) is 14.4 Å². The standard InChI is InChI=1S/C71H132O6/c1-4-7-10-13-16-19-22-25-28-31-33-35-37-38-40-43-46-49-52-55-58-61-64-70(73)76-67-68(66-75-69(72)63-60-57-54-51-48-45-42-30-27-24-21-18-15-12-9-6-3)77-71(74)65-62-59-56-53-50-47-44-41-39-36-34-32-29-26-23-20-17-14-11-8-5-2/h21,24,30,32,34,42,68H,4-20,22-23,25-29,31,33,35-41,43-67H2,1-3H3/b24-21-,34-32-,42-30-. The van der Waals surface area contributed by atoms with E-state index in [4.69, 9.17) is 14.2 Å². The Morgan fingerprint density at radius 1 is 0.260 bits per heavy atom. The second-order valence-electron chi connectivity index (χ2n) is 23.4. The maximum atomic E-state index is 12.9. The van der Waals surface area contributed by atoms with Crippen LogP contribution in [0.3, 0.4) is 0 Å². The van der Waals surface area contributed by atoms with Gasteiger partial charge in [0.05, 0.1) is 0 Å². The first kappa shape index (κ1) is 74.6. The molecule has 1 atom stereocenters. The second kappa shape index (κ2) is 66.1. The van der Waals surface area contributed by atoms with Crippen LogP contribution in [0.5, 0.6) is 0 Å². The van der Waals surface area contributed by atoms with Crippen molar-refractivity contribution in [2.45, 2.75) is 386 Å². The van der Waals surface area contributed by atoms with Crippen LogP contribution in [0.2, 0.25) is 0 Å². The Bertz CT molecular complexity index is 1290. The van der Waals surface area contributed by atoms with Gasteiger partial charge in [-0.2, -0.15) is 0 Å². The first-order chi connectivity index (χ1) is 38.0. The molecule has 0 aromatic carbocycles. The largest absolute Gasteiger partial charge is 0.462 e. The average molecular weight is 1080 g/mol. The van der Waals surface area contributed by atoms with Crippen LogP contribution in [-0.2, 0) is 28.6 Å². The minimum atomic E-state index is -0.778. The molecule has 0 N–H and O–H groups in total. The Balaban J connectivity index is 4.31. The van der Waals surface area contributed by atoms with Gasteiger partial charge in [0, 0.05) is 19.3 Å². The molecule has 0 aromatic heterocycles. The molecule has 0 aromatic rings. The summed E-state index contributed by atoms with van der Waals surface area (Å²) in [5.74, 6) is -0.861. The zero-order valence-corrected chi connectivity index (χ0v) is 52.0. The number of carbonyl (C=O) groups is 3. The lowest BCUT2D eigenvalue weighted by Crippen LogP contribution is -2.30. The fourth-order valence-electron chi connectivity index (χ4n) is 10.4. The summed E-state index contributed by atoms with van der Waals surface area (Å²) in [5.41, 5.74) is 0. The summed E-state index contributed by atoms with van der Waals surface area (Å²) in [6.45, 7) is 6.68. The molecule has 0 aliphatic rings. The van der Waals surface area contributed by atoms with E-state index in [1.54, 1.807) is 0 Å². The highest BCUT2D eigenvalue weighted by Crippen LogP contribution is 2.18. The smallest absolute Gasteiger partial charge is 0.306 e. The summed E-state index contributed by atoms with van der Waals surface area (Å²) in [6.07, 6.45) is 81.6. The van der Waals surface area contributed by atoms with Crippen molar-refractivity contribution in [2.24, 2.45) is 0 Å². The molecule has 0 saturated carbocycles. The van der Waals surface area contributed by atoms with Crippen LogP contribution in [0, 0.1) is 0 Å². The molecule has 0 aliphatic carbocycles. The van der Waals surface area contributed by atoms with E-state index in [0.29, 0.717) is 19.3 Å². The molecule has 1 unspecified atom stereocenters. The molecule has 0 fully saturated rings. The summed E-state index contributed by atoms with van der Waals surface area (Å²) in [7, 11) is 0. The first-order valence-electron chi connectivity index (χ1n) is 34.5. The van der Waals surface area contributed by atoms with Crippen molar-refractivity contribution in [1.82, 2.24) is 0 Å². The highest BCUT2D eigenvalue weighted by atomic mass is 16.6. The molecule has 6 nitrogen and oxygen atoms in total. The maximum absolute atomic E-state index is 12.9. The lowest BCUT2D eigenvalue weighted by Gasteiger charge is -2.18. The van der Waals surface area contributed by atoms with E-state index in [2.05, 4.69) is 57.2 Å². The van der Waals surface area contributed by atoms with Crippen LogP contribution in [0.25, 0.3) is 0 Å². The van der Waals surface area contributed by atoms with Crippen LogP contribution in [0.4, 0.5) is 0 Å². The maximum Gasteiger partial charge on any atom is 0.306 e.